The van der Waals surface area contributed by atoms with Crippen molar-refractivity contribution in [3.05, 3.63) is 41.0 Å². The van der Waals surface area contributed by atoms with Crippen LogP contribution in [-0.2, 0) is 4.79 Å². The summed E-state index contributed by atoms with van der Waals surface area (Å²) >= 11 is 5.97. The molecule has 3 rings (SSSR count). The molecule has 25 heavy (non-hydrogen) atoms. The van der Waals surface area contributed by atoms with Gasteiger partial charge in [-0.2, -0.15) is 4.98 Å². The van der Waals surface area contributed by atoms with Gasteiger partial charge in [0.05, 0.1) is 13.0 Å². The minimum atomic E-state index is -0.122. The predicted octanol–water partition coefficient (Wildman–Crippen LogP) is 3.30. The number of carbonyl (C=O) groups excluding carboxylic acids is 1. The lowest BCUT2D eigenvalue weighted by Crippen LogP contribution is -2.41. The number of piperidine rings is 1. The first-order valence-electron chi connectivity index (χ1n) is 8.26. The summed E-state index contributed by atoms with van der Waals surface area (Å²) in [5.41, 5.74) is 1.55. The van der Waals surface area contributed by atoms with Crippen molar-refractivity contribution in [2.45, 2.75) is 19.8 Å². The number of aryl methyl sites for hydroxylation is 1. The number of aromatic nitrogens is 2. The maximum absolute atomic E-state index is 12.6. The third kappa shape index (κ3) is 4.39. The number of methoxy groups -OCH3 is 1. The van der Waals surface area contributed by atoms with Crippen molar-refractivity contribution in [1.82, 2.24) is 9.97 Å². The van der Waals surface area contributed by atoms with Crippen LogP contribution in [0, 0.1) is 12.8 Å². The summed E-state index contributed by atoms with van der Waals surface area (Å²) < 4.78 is 5.22. The first-order chi connectivity index (χ1) is 12.0. The Morgan fingerprint density at radius 3 is 2.96 bits per heavy atom. The molecule has 1 aromatic carbocycles. The molecule has 132 valence electrons. The fourth-order valence-electron chi connectivity index (χ4n) is 2.95. The summed E-state index contributed by atoms with van der Waals surface area (Å²) in [4.78, 5) is 23.5. The van der Waals surface area contributed by atoms with Gasteiger partial charge in [0.2, 0.25) is 17.7 Å². The van der Waals surface area contributed by atoms with E-state index in [4.69, 9.17) is 16.3 Å². The number of ether oxygens (including phenoxy) is 1. The van der Waals surface area contributed by atoms with Gasteiger partial charge >= 0.3 is 0 Å². The number of hydrogen-bond donors (Lipinski definition) is 1. The quantitative estimate of drug-likeness (QED) is 0.906. The van der Waals surface area contributed by atoms with Crippen molar-refractivity contribution in [2.24, 2.45) is 5.92 Å². The van der Waals surface area contributed by atoms with E-state index in [9.17, 15) is 4.79 Å². The van der Waals surface area contributed by atoms with Crippen LogP contribution in [0.15, 0.2) is 30.3 Å². The van der Waals surface area contributed by atoms with Crippen molar-refractivity contribution < 1.29 is 9.53 Å². The molecule has 1 amide bonds. The number of nitrogens with zero attached hydrogens (tertiary/aromatic N) is 3. The second kappa shape index (κ2) is 7.70. The molecular weight excluding hydrogens is 340 g/mol. The van der Waals surface area contributed by atoms with E-state index in [1.54, 1.807) is 25.3 Å². The lowest BCUT2D eigenvalue weighted by Gasteiger charge is -2.32. The molecule has 1 aliphatic rings. The van der Waals surface area contributed by atoms with Crippen molar-refractivity contribution in [3.63, 3.8) is 0 Å². The van der Waals surface area contributed by atoms with Crippen LogP contribution in [0.4, 0.5) is 11.6 Å². The van der Waals surface area contributed by atoms with Gasteiger partial charge in [0.15, 0.2) is 0 Å². The molecule has 0 aliphatic carbocycles. The minimum Gasteiger partial charge on any atom is -0.481 e. The SMILES string of the molecule is COc1cc(C)nc(N2CCC[C@H](C(=O)Nc3cccc(Cl)c3)C2)n1. The van der Waals surface area contributed by atoms with Gasteiger partial charge in [0.1, 0.15) is 0 Å². The normalized spacial score (nSPS) is 17.2. The molecule has 1 fully saturated rings. The maximum Gasteiger partial charge on any atom is 0.229 e. The van der Waals surface area contributed by atoms with E-state index in [1.807, 2.05) is 24.0 Å². The molecule has 1 aliphatic heterocycles. The van der Waals surface area contributed by atoms with Gasteiger partial charge in [0.25, 0.3) is 0 Å². The number of benzene rings is 1. The highest BCUT2D eigenvalue weighted by atomic mass is 35.5. The van der Waals surface area contributed by atoms with Crippen LogP contribution >= 0.6 is 11.6 Å². The van der Waals surface area contributed by atoms with Crippen LogP contribution in [-0.4, -0.2) is 36.1 Å². The molecule has 0 unspecified atom stereocenters. The van der Waals surface area contributed by atoms with E-state index in [1.165, 1.54) is 0 Å². The van der Waals surface area contributed by atoms with E-state index < -0.39 is 0 Å². The van der Waals surface area contributed by atoms with Crippen molar-refractivity contribution in [2.75, 3.05) is 30.4 Å². The largest absolute Gasteiger partial charge is 0.481 e. The average molecular weight is 361 g/mol. The Hall–Kier alpha value is -2.34. The number of nitrogens with one attached hydrogen (secondary N) is 1. The third-order valence-electron chi connectivity index (χ3n) is 4.20. The molecule has 1 aromatic heterocycles. The van der Waals surface area contributed by atoms with Crippen LogP contribution in [0.2, 0.25) is 5.02 Å². The second-order valence-corrected chi connectivity index (χ2v) is 6.57. The standard InChI is InChI=1S/C18H21ClN4O2/c1-12-9-16(25-2)22-18(20-12)23-8-4-5-13(11-23)17(24)21-15-7-3-6-14(19)10-15/h3,6-7,9-10,13H,4-5,8,11H2,1-2H3,(H,21,24)/t13-/m0/s1. The Balaban J connectivity index is 1.70. The van der Waals surface area contributed by atoms with Crippen LogP contribution in [0.5, 0.6) is 5.88 Å². The molecule has 2 heterocycles. The number of hydrogen-bond acceptors (Lipinski definition) is 5. The molecule has 7 heteroatoms. The fraction of sp³-hybridized carbons (Fsp3) is 0.389. The molecule has 1 N–H and O–H groups in total. The first kappa shape index (κ1) is 17.5. The lowest BCUT2D eigenvalue weighted by atomic mass is 9.97. The number of rotatable bonds is 4. The highest BCUT2D eigenvalue weighted by Crippen LogP contribution is 2.24. The van der Waals surface area contributed by atoms with E-state index in [2.05, 4.69) is 15.3 Å². The summed E-state index contributed by atoms with van der Waals surface area (Å²) in [6.45, 7) is 3.31. The third-order valence-corrected chi connectivity index (χ3v) is 4.43. The number of carbonyl (C=O) groups is 1. The molecule has 6 nitrogen and oxygen atoms in total. The number of anilines is 2. The molecule has 2 aromatic rings. The average Bonchev–Trinajstić information content (AvgIpc) is 2.61. The monoisotopic (exact) mass is 360 g/mol. The van der Waals surface area contributed by atoms with E-state index in [0.717, 1.165) is 25.1 Å². The zero-order chi connectivity index (χ0) is 17.8. The predicted molar refractivity (Wildman–Crippen MR) is 98.3 cm³/mol. The summed E-state index contributed by atoms with van der Waals surface area (Å²) in [5.74, 6) is 1.01. The Morgan fingerprint density at radius 2 is 2.20 bits per heavy atom. The molecule has 1 atom stereocenters. The Kier molecular flexibility index (Phi) is 5.38. The van der Waals surface area contributed by atoms with Gasteiger partial charge in [0, 0.05) is 35.6 Å². The lowest BCUT2D eigenvalue weighted by molar-refractivity contribution is -0.120. The van der Waals surface area contributed by atoms with Gasteiger partial charge in [-0.1, -0.05) is 17.7 Å². The van der Waals surface area contributed by atoms with Crippen LogP contribution in [0.3, 0.4) is 0 Å². The number of amides is 1. The van der Waals surface area contributed by atoms with E-state index >= 15 is 0 Å². The Morgan fingerprint density at radius 1 is 1.36 bits per heavy atom. The van der Waals surface area contributed by atoms with Crippen molar-refractivity contribution in [3.8, 4) is 5.88 Å². The summed E-state index contributed by atoms with van der Waals surface area (Å²) in [7, 11) is 1.59. The van der Waals surface area contributed by atoms with E-state index in [0.29, 0.717) is 29.1 Å². The maximum atomic E-state index is 12.6. The summed E-state index contributed by atoms with van der Waals surface area (Å²) in [6, 6.07) is 8.96. The van der Waals surface area contributed by atoms with Crippen LogP contribution < -0.4 is 15.0 Å². The molecule has 1 saturated heterocycles. The fourth-order valence-corrected chi connectivity index (χ4v) is 3.14. The van der Waals surface area contributed by atoms with Gasteiger partial charge in [-0.05, 0) is 38.0 Å². The molecule has 0 saturated carbocycles. The zero-order valence-electron chi connectivity index (χ0n) is 14.3. The second-order valence-electron chi connectivity index (χ2n) is 6.14. The number of halogens is 1. The zero-order valence-corrected chi connectivity index (χ0v) is 15.1. The van der Waals surface area contributed by atoms with Gasteiger partial charge < -0.3 is 15.0 Å². The Bertz CT molecular complexity index is 768. The van der Waals surface area contributed by atoms with Gasteiger partial charge in [-0.25, -0.2) is 4.98 Å². The van der Waals surface area contributed by atoms with E-state index in [-0.39, 0.29) is 11.8 Å². The van der Waals surface area contributed by atoms with Crippen molar-refractivity contribution >= 4 is 29.1 Å². The highest BCUT2D eigenvalue weighted by molar-refractivity contribution is 6.30. The summed E-state index contributed by atoms with van der Waals surface area (Å²) in [6.07, 6.45) is 1.75. The first-order valence-corrected chi connectivity index (χ1v) is 8.64. The van der Waals surface area contributed by atoms with Crippen molar-refractivity contribution in [1.29, 1.82) is 0 Å². The Labute approximate surface area is 152 Å². The molecule has 0 bridgehead atoms. The minimum absolute atomic E-state index is 0.00779. The van der Waals surface area contributed by atoms with Gasteiger partial charge in [-0.15, -0.1) is 0 Å². The van der Waals surface area contributed by atoms with Crippen LogP contribution in [0.1, 0.15) is 18.5 Å². The molecule has 0 spiro atoms. The topological polar surface area (TPSA) is 67.3 Å². The van der Waals surface area contributed by atoms with Gasteiger partial charge in [-0.3, -0.25) is 4.79 Å². The smallest absolute Gasteiger partial charge is 0.229 e. The molecular formula is C18H21ClN4O2. The summed E-state index contributed by atoms with van der Waals surface area (Å²) in [5, 5.41) is 3.54. The van der Waals surface area contributed by atoms with Crippen LogP contribution in [0.25, 0.3) is 0 Å². The molecule has 0 radical (unpaired) electrons. The highest BCUT2D eigenvalue weighted by Gasteiger charge is 2.27.